The Bertz CT molecular complexity index is 390. The fourth-order valence-corrected chi connectivity index (χ4v) is 1.43. The molecule has 0 spiro atoms. The molecule has 0 aliphatic heterocycles. The van der Waals surface area contributed by atoms with Crippen LogP contribution in [0.1, 0.15) is 17.6 Å². The van der Waals surface area contributed by atoms with Gasteiger partial charge in [0.1, 0.15) is 11.6 Å². The van der Waals surface area contributed by atoms with Gasteiger partial charge in [-0.25, -0.2) is 13.8 Å². The van der Waals surface area contributed by atoms with Crippen LogP contribution in [0.5, 0.6) is 5.88 Å². The van der Waals surface area contributed by atoms with Crippen LogP contribution in [-0.2, 0) is 0 Å². The van der Waals surface area contributed by atoms with Gasteiger partial charge in [-0.15, -0.1) is 0 Å². The van der Waals surface area contributed by atoms with Crippen molar-refractivity contribution in [1.82, 2.24) is 4.98 Å². The molecule has 0 fully saturated rings. The average molecular weight is 263 g/mol. The molecule has 0 saturated heterocycles. The smallest absolute Gasteiger partial charge is 0.266 e. The first-order valence-corrected chi connectivity index (χ1v) is 4.31. The lowest BCUT2D eigenvalue weighted by molar-refractivity contribution is 0.150. The summed E-state index contributed by atoms with van der Waals surface area (Å²) < 4.78 is 29.5. The molecule has 0 radical (unpaired) electrons. The van der Waals surface area contributed by atoms with Gasteiger partial charge in [0.25, 0.3) is 6.43 Å². The minimum absolute atomic E-state index is 0.0229. The van der Waals surface area contributed by atoms with Crippen LogP contribution in [0.25, 0.3) is 0 Å². The summed E-state index contributed by atoms with van der Waals surface area (Å²) in [5.74, 6) is 0.0313. The van der Waals surface area contributed by atoms with Crippen LogP contribution in [0.4, 0.5) is 8.78 Å². The summed E-state index contributed by atoms with van der Waals surface area (Å²) in [6, 6.07) is 1.74. The van der Waals surface area contributed by atoms with Crippen molar-refractivity contribution in [2.45, 2.75) is 6.43 Å². The highest BCUT2D eigenvalue weighted by Gasteiger charge is 2.18. The molecule has 0 bridgehead atoms. The first kappa shape index (κ1) is 10.9. The zero-order valence-corrected chi connectivity index (χ0v) is 8.68. The van der Waals surface area contributed by atoms with E-state index in [2.05, 4.69) is 20.9 Å². The predicted octanol–water partition coefficient (Wildman–Crippen LogP) is 2.66. The standard InChI is InChI=1S/C8H5BrF2N2O/c1-14-8-4(2-12)6(9)5(3-13-8)7(10)11/h3,7H,1H3. The minimum atomic E-state index is -2.67. The zero-order chi connectivity index (χ0) is 10.7. The summed E-state index contributed by atoms with van der Waals surface area (Å²) in [4.78, 5) is 3.60. The second-order valence-electron chi connectivity index (χ2n) is 2.32. The van der Waals surface area contributed by atoms with E-state index < -0.39 is 6.43 Å². The van der Waals surface area contributed by atoms with Gasteiger partial charge < -0.3 is 4.74 Å². The Morgan fingerprint density at radius 3 is 2.71 bits per heavy atom. The quantitative estimate of drug-likeness (QED) is 0.823. The third kappa shape index (κ3) is 1.82. The van der Waals surface area contributed by atoms with Gasteiger partial charge in [-0.05, 0) is 15.9 Å². The third-order valence-corrected chi connectivity index (χ3v) is 2.40. The number of nitriles is 1. The van der Waals surface area contributed by atoms with Crippen LogP contribution >= 0.6 is 15.9 Å². The van der Waals surface area contributed by atoms with Gasteiger partial charge in [0.15, 0.2) is 0 Å². The second-order valence-corrected chi connectivity index (χ2v) is 3.12. The van der Waals surface area contributed by atoms with Gasteiger partial charge in [-0.2, -0.15) is 5.26 Å². The number of hydrogen-bond donors (Lipinski definition) is 0. The normalized spacial score (nSPS) is 10.0. The van der Waals surface area contributed by atoms with Crippen molar-refractivity contribution < 1.29 is 13.5 Å². The summed E-state index contributed by atoms with van der Waals surface area (Å²) in [6.45, 7) is 0. The minimum Gasteiger partial charge on any atom is -0.480 e. The number of ether oxygens (including phenoxy) is 1. The summed E-state index contributed by atoms with van der Waals surface area (Å²) in [6.07, 6.45) is -1.69. The fourth-order valence-electron chi connectivity index (χ4n) is 0.891. The van der Waals surface area contributed by atoms with Gasteiger partial charge in [0.05, 0.1) is 17.1 Å². The second kappa shape index (κ2) is 4.33. The Morgan fingerprint density at radius 1 is 1.64 bits per heavy atom. The van der Waals surface area contributed by atoms with Crippen molar-refractivity contribution in [1.29, 1.82) is 5.26 Å². The highest BCUT2D eigenvalue weighted by atomic mass is 79.9. The molecule has 0 aromatic carbocycles. The number of rotatable bonds is 2. The molecule has 1 aromatic rings. The summed E-state index contributed by atoms with van der Waals surface area (Å²) in [5, 5.41) is 8.69. The molecule has 14 heavy (non-hydrogen) atoms. The van der Waals surface area contributed by atoms with Crippen LogP contribution in [0, 0.1) is 11.3 Å². The third-order valence-electron chi connectivity index (χ3n) is 1.55. The SMILES string of the molecule is COc1ncc(C(F)F)c(Br)c1C#N. The number of hydrogen-bond acceptors (Lipinski definition) is 3. The maximum Gasteiger partial charge on any atom is 0.266 e. The van der Waals surface area contributed by atoms with Crippen LogP contribution in [0.2, 0.25) is 0 Å². The molecule has 0 unspecified atom stereocenters. The van der Waals surface area contributed by atoms with Crippen molar-refractivity contribution in [3.63, 3.8) is 0 Å². The van der Waals surface area contributed by atoms with Crippen molar-refractivity contribution in [2.75, 3.05) is 7.11 Å². The molecule has 0 atom stereocenters. The first-order valence-electron chi connectivity index (χ1n) is 3.52. The molecule has 0 N–H and O–H groups in total. The topological polar surface area (TPSA) is 45.9 Å². The molecule has 74 valence electrons. The molecule has 1 aromatic heterocycles. The summed E-state index contributed by atoms with van der Waals surface area (Å²) in [5.41, 5.74) is -0.340. The Kier molecular flexibility index (Phi) is 3.36. The Hall–Kier alpha value is -1.22. The van der Waals surface area contributed by atoms with E-state index in [0.717, 1.165) is 6.20 Å². The molecule has 0 saturated carbocycles. The van der Waals surface area contributed by atoms with Gasteiger partial charge in [0, 0.05) is 6.20 Å². The Labute approximate surface area is 87.5 Å². The molecule has 3 nitrogen and oxygen atoms in total. The van der Waals surface area contributed by atoms with Crippen molar-refractivity contribution in [3.8, 4) is 11.9 Å². The molecule has 0 aliphatic carbocycles. The first-order chi connectivity index (χ1) is 6.61. The maximum atomic E-state index is 12.4. The average Bonchev–Trinajstić information content (AvgIpc) is 2.16. The summed E-state index contributed by atoms with van der Waals surface area (Å²) in [7, 11) is 1.32. The Balaban J connectivity index is 3.37. The van der Waals surface area contributed by atoms with Crippen molar-refractivity contribution in [2.24, 2.45) is 0 Å². The number of methoxy groups -OCH3 is 1. The van der Waals surface area contributed by atoms with Crippen LogP contribution in [-0.4, -0.2) is 12.1 Å². The van der Waals surface area contributed by atoms with Gasteiger partial charge in [-0.1, -0.05) is 0 Å². The largest absolute Gasteiger partial charge is 0.480 e. The van der Waals surface area contributed by atoms with E-state index in [-0.39, 0.29) is 21.5 Å². The highest BCUT2D eigenvalue weighted by Crippen LogP contribution is 2.32. The lowest BCUT2D eigenvalue weighted by Gasteiger charge is -2.07. The number of pyridine rings is 1. The van der Waals surface area contributed by atoms with Crippen LogP contribution in [0.15, 0.2) is 10.7 Å². The molecule has 1 heterocycles. The number of nitrogens with zero attached hydrogens (tertiary/aromatic N) is 2. The number of aromatic nitrogens is 1. The van der Waals surface area contributed by atoms with E-state index in [1.54, 1.807) is 6.07 Å². The van der Waals surface area contributed by atoms with Crippen molar-refractivity contribution in [3.05, 3.63) is 21.8 Å². The zero-order valence-electron chi connectivity index (χ0n) is 7.09. The molecular formula is C8H5BrF2N2O. The molecular weight excluding hydrogens is 258 g/mol. The van der Waals surface area contributed by atoms with Crippen molar-refractivity contribution >= 4 is 15.9 Å². The number of halogens is 3. The van der Waals surface area contributed by atoms with E-state index in [1.807, 2.05) is 0 Å². The molecule has 0 aliphatic rings. The molecule has 6 heteroatoms. The Morgan fingerprint density at radius 2 is 2.29 bits per heavy atom. The van der Waals surface area contributed by atoms with E-state index in [9.17, 15) is 8.78 Å². The van der Waals surface area contributed by atoms with Crippen LogP contribution < -0.4 is 4.74 Å². The molecule has 1 rings (SSSR count). The maximum absolute atomic E-state index is 12.4. The fraction of sp³-hybridized carbons (Fsp3) is 0.250. The monoisotopic (exact) mass is 262 g/mol. The van der Waals surface area contributed by atoms with Gasteiger partial charge >= 0.3 is 0 Å². The number of alkyl halides is 2. The predicted molar refractivity (Wildman–Crippen MR) is 48.2 cm³/mol. The van der Waals surface area contributed by atoms with Crippen LogP contribution in [0.3, 0.4) is 0 Å². The van der Waals surface area contributed by atoms with Gasteiger partial charge in [0.2, 0.25) is 5.88 Å². The van der Waals surface area contributed by atoms with E-state index in [0.29, 0.717) is 0 Å². The lowest BCUT2D eigenvalue weighted by Crippen LogP contribution is -1.97. The molecule has 0 amide bonds. The van der Waals surface area contributed by atoms with Gasteiger partial charge in [-0.3, -0.25) is 0 Å². The van der Waals surface area contributed by atoms with E-state index >= 15 is 0 Å². The van der Waals surface area contributed by atoms with E-state index in [4.69, 9.17) is 10.00 Å². The van der Waals surface area contributed by atoms with E-state index in [1.165, 1.54) is 7.11 Å². The highest BCUT2D eigenvalue weighted by molar-refractivity contribution is 9.10. The summed E-state index contributed by atoms with van der Waals surface area (Å²) >= 11 is 2.91. The lowest BCUT2D eigenvalue weighted by atomic mass is 10.2.